The molecule has 0 heterocycles. The second-order valence-corrected chi connectivity index (χ2v) is 4.53. The number of amides is 1. The number of para-hydroxylation sites is 1. The predicted octanol–water partition coefficient (Wildman–Crippen LogP) is 3.87. The Morgan fingerprint density at radius 2 is 2.11 bits per heavy atom. The SMILES string of the molecule is C=CCCN(C(=O)C1=CC=CCC1)c1ccccc1. The number of carbonyl (C=O) groups is 1. The summed E-state index contributed by atoms with van der Waals surface area (Å²) in [6, 6.07) is 9.82. The Hall–Kier alpha value is -2.09. The maximum Gasteiger partial charge on any atom is 0.254 e. The molecule has 1 amide bonds. The first kappa shape index (κ1) is 13.3. The quantitative estimate of drug-likeness (QED) is 0.729. The van der Waals surface area contributed by atoms with Gasteiger partial charge in [0.05, 0.1) is 0 Å². The average molecular weight is 253 g/mol. The molecule has 1 aromatic carbocycles. The number of nitrogens with zero attached hydrogens (tertiary/aromatic N) is 1. The van der Waals surface area contributed by atoms with Crippen LogP contribution >= 0.6 is 0 Å². The molecule has 98 valence electrons. The van der Waals surface area contributed by atoms with Crippen molar-refractivity contribution in [3.05, 3.63) is 66.8 Å². The molecular weight excluding hydrogens is 234 g/mol. The zero-order valence-corrected chi connectivity index (χ0v) is 11.1. The summed E-state index contributed by atoms with van der Waals surface area (Å²) in [5, 5.41) is 0. The van der Waals surface area contributed by atoms with E-state index in [-0.39, 0.29) is 5.91 Å². The van der Waals surface area contributed by atoms with Gasteiger partial charge in [0.2, 0.25) is 0 Å². The molecule has 0 fully saturated rings. The number of rotatable bonds is 5. The van der Waals surface area contributed by atoms with E-state index in [0.717, 1.165) is 30.5 Å². The normalized spacial score (nSPS) is 13.8. The minimum absolute atomic E-state index is 0.109. The van der Waals surface area contributed by atoms with E-state index in [1.807, 2.05) is 53.5 Å². The molecular formula is C17H19NO. The molecule has 0 aliphatic heterocycles. The Morgan fingerprint density at radius 3 is 2.74 bits per heavy atom. The van der Waals surface area contributed by atoms with Crippen LogP contribution in [0.4, 0.5) is 5.69 Å². The highest BCUT2D eigenvalue weighted by molar-refractivity contribution is 6.05. The van der Waals surface area contributed by atoms with Crippen LogP contribution in [0.1, 0.15) is 19.3 Å². The molecule has 2 heteroatoms. The summed E-state index contributed by atoms with van der Waals surface area (Å²) in [7, 11) is 0. The maximum absolute atomic E-state index is 12.6. The van der Waals surface area contributed by atoms with E-state index in [1.165, 1.54) is 0 Å². The fourth-order valence-corrected chi connectivity index (χ4v) is 2.13. The first-order chi connectivity index (χ1) is 9.33. The Bertz CT molecular complexity index is 499. The smallest absolute Gasteiger partial charge is 0.254 e. The van der Waals surface area contributed by atoms with Crippen molar-refractivity contribution in [2.24, 2.45) is 0 Å². The van der Waals surface area contributed by atoms with Gasteiger partial charge in [-0.25, -0.2) is 0 Å². The van der Waals surface area contributed by atoms with Gasteiger partial charge in [-0.05, 0) is 31.4 Å². The van der Waals surface area contributed by atoms with Gasteiger partial charge in [-0.15, -0.1) is 6.58 Å². The summed E-state index contributed by atoms with van der Waals surface area (Å²) in [5.74, 6) is 0.109. The van der Waals surface area contributed by atoms with E-state index >= 15 is 0 Å². The summed E-state index contributed by atoms with van der Waals surface area (Å²) in [6.07, 6.45) is 10.4. The van der Waals surface area contributed by atoms with Crippen molar-refractivity contribution >= 4 is 11.6 Å². The third-order valence-electron chi connectivity index (χ3n) is 3.16. The second kappa shape index (κ2) is 6.74. The van der Waals surface area contributed by atoms with Crippen LogP contribution in [-0.4, -0.2) is 12.5 Å². The van der Waals surface area contributed by atoms with E-state index < -0.39 is 0 Å². The standard InChI is InChI=1S/C17H19NO/c1-2-3-14-18(16-12-8-5-9-13-16)17(19)15-10-6-4-7-11-15/h2,4-6,8-10,12-13H,1,3,7,11,14H2. The molecule has 0 N–H and O–H groups in total. The van der Waals surface area contributed by atoms with Gasteiger partial charge < -0.3 is 4.90 Å². The van der Waals surface area contributed by atoms with Crippen molar-refractivity contribution in [2.45, 2.75) is 19.3 Å². The van der Waals surface area contributed by atoms with Crippen LogP contribution < -0.4 is 4.90 Å². The van der Waals surface area contributed by atoms with Crippen LogP contribution in [0.2, 0.25) is 0 Å². The highest BCUT2D eigenvalue weighted by Gasteiger charge is 2.19. The van der Waals surface area contributed by atoms with Crippen molar-refractivity contribution in [2.75, 3.05) is 11.4 Å². The summed E-state index contributed by atoms with van der Waals surface area (Å²) in [6.45, 7) is 4.41. The molecule has 1 aliphatic rings. The largest absolute Gasteiger partial charge is 0.308 e. The van der Waals surface area contributed by atoms with Crippen molar-refractivity contribution < 1.29 is 4.79 Å². The van der Waals surface area contributed by atoms with Crippen LogP contribution in [0.3, 0.4) is 0 Å². The monoisotopic (exact) mass is 253 g/mol. The topological polar surface area (TPSA) is 20.3 Å². The molecule has 0 radical (unpaired) electrons. The van der Waals surface area contributed by atoms with Gasteiger partial charge in [0.15, 0.2) is 0 Å². The van der Waals surface area contributed by atoms with Crippen molar-refractivity contribution in [3.8, 4) is 0 Å². The Balaban J connectivity index is 2.22. The van der Waals surface area contributed by atoms with Crippen molar-refractivity contribution in [3.63, 3.8) is 0 Å². The number of anilines is 1. The average Bonchev–Trinajstić information content (AvgIpc) is 2.49. The minimum atomic E-state index is 0.109. The molecule has 0 saturated heterocycles. The Kier molecular flexibility index (Phi) is 4.73. The summed E-state index contributed by atoms with van der Waals surface area (Å²) >= 11 is 0. The van der Waals surface area contributed by atoms with Crippen molar-refractivity contribution in [1.82, 2.24) is 0 Å². The third-order valence-corrected chi connectivity index (χ3v) is 3.16. The Labute approximate surface area is 114 Å². The van der Waals surface area contributed by atoms with E-state index in [0.29, 0.717) is 6.54 Å². The molecule has 0 unspecified atom stereocenters. The van der Waals surface area contributed by atoms with E-state index in [1.54, 1.807) is 0 Å². The molecule has 1 aromatic rings. The first-order valence-corrected chi connectivity index (χ1v) is 6.66. The fourth-order valence-electron chi connectivity index (χ4n) is 2.13. The zero-order valence-electron chi connectivity index (χ0n) is 11.1. The van der Waals surface area contributed by atoms with E-state index in [2.05, 4.69) is 12.7 Å². The first-order valence-electron chi connectivity index (χ1n) is 6.66. The second-order valence-electron chi connectivity index (χ2n) is 4.53. The number of hydrogen-bond donors (Lipinski definition) is 0. The molecule has 2 nitrogen and oxygen atoms in total. The summed E-state index contributed by atoms with van der Waals surface area (Å²) in [5.41, 5.74) is 1.83. The lowest BCUT2D eigenvalue weighted by atomic mass is 10.0. The van der Waals surface area contributed by atoms with E-state index in [4.69, 9.17) is 0 Å². The molecule has 0 spiro atoms. The molecule has 0 aromatic heterocycles. The number of hydrogen-bond acceptors (Lipinski definition) is 1. The lowest BCUT2D eigenvalue weighted by molar-refractivity contribution is -0.115. The highest BCUT2D eigenvalue weighted by atomic mass is 16.2. The fraction of sp³-hybridized carbons (Fsp3) is 0.235. The molecule has 0 saturated carbocycles. The van der Waals surface area contributed by atoms with Gasteiger partial charge in [0.25, 0.3) is 5.91 Å². The van der Waals surface area contributed by atoms with Gasteiger partial charge in [-0.2, -0.15) is 0 Å². The van der Waals surface area contributed by atoms with Crippen molar-refractivity contribution in [1.29, 1.82) is 0 Å². The molecule has 19 heavy (non-hydrogen) atoms. The van der Waals surface area contributed by atoms with Crippen LogP contribution in [0.15, 0.2) is 66.8 Å². The lowest BCUT2D eigenvalue weighted by Crippen LogP contribution is -2.33. The predicted molar refractivity (Wildman–Crippen MR) is 80.1 cm³/mol. The summed E-state index contributed by atoms with van der Waals surface area (Å²) < 4.78 is 0. The van der Waals surface area contributed by atoms with Crippen LogP contribution in [0, 0.1) is 0 Å². The van der Waals surface area contributed by atoms with Gasteiger partial charge in [0, 0.05) is 17.8 Å². The summed E-state index contributed by atoms with van der Waals surface area (Å²) in [4.78, 5) is 14.4. The van der Waals surface area contributed by atoms with Crippen LogP contribution in [0.25, 0.3) is 0 Å². The molecule has 0 bridgehead atoms. The Morgan fingerprint density at radius 1 is 1.32 bits per heavy atom. The third kappa shape index (κ3) is 3.44. The van der Waals surface area contributed by atoms with Crippen LogP contribution in [0.5, 0.6) is 0 Å². The highest BCUT2D eigenvalue weighted by Crippen LogP contribution is 2.20. The number of benzene rings is 1. The van der Waals surface area contributed by atoms with Gasteiger partial charge in [-0.1, -0.05) is 42.5 Å². The molecule has 1 aliphatic carbocycles. The zero-order chi connectivity index (χ0) is 13.5. The number of carbonyl (C=O) groups excluding carboxylic acids is 1. The molecule has 2 rings (SSSR count). The maximum atomic E-state index is 12.6. The molecule has 0 atom stereocenters. The minimum Gasteiger partial charge on any atom is -0.308 e. The van der Waals surface area contributed by atoms with Gasteiger partial charge in [-0.3, -0.25) is 4.79 Å². The van der Waals surface area contributed by atoms with Gasteiger partial charge >= 0.3 is 0 Å². The van der Waals surface area contributed by atoms with Gasteiger partial charge in [0.1, 0.15) is 0 Å². The van der Waals surface area contributed by atoms with Crippen LogP contribution in [-0.2, 0) is 4.79 Å². The lowest BCUT2D eigenvalue weighted by Gasteiger charge is -2.24. The number of allylic oxidation sites excluding steroid dienone is 3. The van der Waals surface area contributed by atoms with E-state index in [9.17, 15) is 4.79 Å².